The molecule has 0 saturated carbocycles. The molecule has 2 N–H and O–H groups in total. The van der Waals surface area contributed by atoms with E-state index >= 15 is 0 Å². The summed E-state index contributed by atoms with van der Waals surface area (Å²) in [5.74, 6) is 0. The number of hydrogen-bond donors (Lipinski definition) is 2. The zero-order valence-electron chi connectivity index (χ0n) is 9.41. The Morgan fingerprint density at radius 1 is 1.47 bits per heavy atom. The quantitative estimate of drug-likeness (QED) is 0.809. The molecule has 1 aromatic carbocycles. The first-order chi connectivity index (χ1) is 8.24. The van der Waals surface area contributed by atoms with Gasteiger partial charge in [-0.1, -0.05) is 6.07 Å². The number of carbonyl (C=O) groups excluding carboxylic acids is 1. The molecule has 0 bridgehead atoms. The molecule has 1 atom stereocenters. The molecule has 0 aromatic heterocycles. The topological polar surface area (TPSA) is 50.4 Å². The highest BCUT2D eigenvalue weighted by Gasteiger charge is 2.15. The van der Waals surface area contributed by atoms with E-state index in [2.05, 4.69) is 33.2 Å². The van der Waals surface area contributed by atoms with Gasteiger partial charge in [-0.25, -0.2) is 4.79 Å². The molecule has 92 valence electrons. The number of ether oxygens (including phenoxy) is 1. The molecule has 0 aliphatic carbocycles. The molecule has 1 fully saturated rings. The molecule has 0 unspecified atom stereocenters. The molecule has 4 nitrogen and oxygen atoms in total. The summed E-state index contributed by atoms with van der Waals surface area (Å²) in [5, 5.41) is 5.73. The van der Waals surface area contributed by atoms with Crippen molar-refractivity contribution in [3.8, 4) is 0 Å². The maximum absolute atomic E-state index is 11.7. The molecule has 1 aliphatic rings. The molecule has 2 rings (SSSR count). The molecule has 1 heterocycles. The summed E-state index contributed by atoms with van der Waals surface area (Å²) in [6.45, 7) is 1.41. The van der Waals surface area contributed by atoms with E-state index in [1.165, 1.54) is 0 Å². The molecule has 1 aromatic rings. The Balaban J connectivity index is 1.84. The second-order valence-corrected chi connectivity index (χ2v) is 5.27. The Hall–Kier alpha value is -0.820. The van der Waals surface area contributed by atoms with Crippen molar-refractivity contribution in [1.82, 2.24) is 5.32 Å². The van der Waals surface area contributed by atoms with E-state index < -0.39 is 0 Å². The van der Waals surface area contributed by atoms with E-state index in [1.807, 2.05) is 24.3 Å². The molecule has 1 aliphatic heterocycles. The first-order valence-corrected chi connectivity index (χ1v) is 6.73. The van der Waals surface area contributed by atoms with Gasteiger partial charge in [0.25, 0.3) is 0 Å². The number of hydrogen-bond acceptors (Lipinski definition) is 2. The lowest BCUT2D eigenvalue weighted by Gasteiger charge is -2.23. The Morgan fingerprint density at radius 3 is 3.06 bits per heavy atom. The molecule has 1 saturated heterocycles. The number of urea groups is 1. The Labute approximate surface area is 114 Å². The summed E-state index contributed by atoms with van der Waals surface area (Å²) in [7, 11) is 0. The molecular formula is C12H15IN2O2. The smallest absolute Gasteiger partial charge is 0.319 e. The highest BCUT2D eigenvalue weighted by Crippen LogP contribution is 2.12. The molecule has 5 heteroatoms. The summed E-state index contributed by atoms with van der Waals surface area (Å²) < 4.78 is 6.41. The van der Waals surface area contributed by atoms with Gasteiger partial charge >= 0.3 is 6.03 Å². The summed E-state index contributed by atoms with van der Waals surface area (Å²) >= 11 is 2.22. The van der Waals surface area contributed by atoms with E-state index in [4.69, 9.17) is 4.74 Å². The van der Waals surface area contributed by atoms with Gasteiger partial charge in [-0.05, 0) is 53.6 Å². The number of rotatable bonds is 2. The number of halogens is 1. The van der Waals surface area contributed by atoms with Gasteiger partial charge < -0.3 is 15.4 Å². The van der Waals surface area contributed by atoms with Crippen LogP contribution in [0.3, 0.4) is 0 Å². The number of anilines is 1. The van der Waals surface area contributed by atoms with Crippen molar-refractivity contribution in [3.05, 3.63) is 27.8 Å². The van der Waals surface area contributed by atoms with Crippen LogP contribution < -0.4 is 10.6 Å². The van der Waals surface area contributed by atoms with Gasteiger partial charge in [-0.15, -0.1) is 0 Å². The SMILES string of the molecule is O=C(Nc1cccc(I)c1)N[C@@H]1CCCOC1. The average Bonchev–Trinajstić information content (AvgIpc) is 2.30. The van der Waals surface area contributed by atoms with Gasteiger partial charge in [-0.2, -0.15) is 0 Å². The predicted octanol–water partition coefficient (Wildman–Crippen LogP) is 2.59. The second-order valence-electron chi connectivity index (χ2n) is 4.02. The van der Waals surface area contributed by atoms with Crippen molar-refractivity contribution in [1.29, 1.82) is 0 Å². The van der Waals surface area contributed by atoms with Crippen molar-refractivity contribution < 1.29 is 9.53 Å². The van der Waals surface area contributed by atoms with E-state index in [9.17, 15) is 4.79 Å². The minimum atomic E-state index is -0.164. The number of benzene rings is 1. The van der Waals surface area contributed by atoms with Crippen LogP contribution in [-0.4, -0.2) is 25.3 Å². The van der Waals surface area contributed by atoms with Crippen molar-refractivity contribution in [2.75, 3.05) is 18.5 Å². The van der Waals surface area contributed by atoms with Crippen LogP contribution in [0.5, 0.6) is 0 Å². The standard InChI is InChI=1S/C12H15IN2O2/c13-9-3-1-4-10(7-9)14-12(16)15-11-5-2-6-17-8-11/h1,3-4,7,11H,2,5-6,8H2,(H2,14,15,16)/t11-/m1/s1. The van der Waals surface area contributed by atoms with E-state index in [-0.39, 0.29) is 12.1 Å². The fourth-order valence-electron chi connectivity index (χ4n) is 1.77. The van der Waals surface area contributed by atoms with Crippen LogP contribution in [0.4, 0.5) is 10.5 Å². The van der Waals surface area contributed by atoms with Crippen LogP contribution in [0.1, 0.15) is 12.8 Å². The van der Waals surface area contributed by atoms with Crippen LogP contribution in [-0.2, 0) is 4.74 Å². The lowest BCUT2D eigenvalue weighted by Crippen LogP contribution is -2.42. The highest BCUT2D eigenvalue weighted by atomic mass is 127. The van der Waals surface area contributed by atoms with Crippen molar-refractivity contribution in [3.63, 3.8) is 0 Å². The predicted molar refractivity (Wildman–Crippen MR) is 75.2 cm³/mol. The summed E-state index contributed by atoms with van der Waals surface area (Å²) in [5.41, 5.74) is 0.811. The molecular weight excluding hydrogens is 331 g/mol. The zero-order chi connectivity index (χ0) is 12.1. The monoisotopic (exact) mass is 346 g/mol. The lowest BCUT2D eigenvalue weighted by atomic mass is 10.1. The van der Waals surface area contributed by atoms with E-state index in [0.717, 1.165) is 28.7 Å². The molecule has 2 amide bonds. The lowest BCUT2D eigenvalue weighted by molar-refractivity contribution is 0.0739. The van der Waals surface area contributed by atoms with E-state index in [0.29, 0.717) is 6.61 Å². The van der Waals surface area contributed by atoms with Gasteiger partial charge in [-0.3, -0.25) is 0 Å². The normalized spacial score (nSPS) is 19.7. The first kappa shape index (κ1) is 12.6. The Bertz CT molecular complexity index is 392. The fourth-order valence-corrected chi connectivity index (χ4v) is 2.32. The van der Waals surface area contributed by atoms with Crippen LogP contribution in [0.25, 0.3) is 0 Å². The van der Waals surface area contributed by atoms with Crippen LogP contribution in [0, 0.1) is 3.57 Å². The third-order valence-corrected chi connectivity index (χ3v) is 3.25. The average molecular weight is 346 g/mol. The third kappa shape index (κ3) is 4.16. The van der Waals surface area contributed by atoms with Gasteiger partial charge in [0.2, 0.25) is 0 Å². The van der Waals surface area contributed by atoms with Gasteiger partial charge in [0.05, 0.1) is 12.6 Å². The molecule has 17 heavy (non-hydrogen) atoms. The van der Waals surface area contributed by atoms with Gasteiger partial charge in [0, 0.05) is 15.9 Å². The van der Waals surface area contributed by atoms with Gasteiger partial charge in [0.15, 0.2) is 0 Å². The number of carbonyl (C=O) groups is 1. The minimum Gasteiger partial charge on any atom is -0.379 e. The maximum Gasteiger partial charge on any atom is 0.319 e. The summed E-state index contributed by atoms with van der Waals surface area (Å²) in [6, 6.07) is 7.67. The summed E-state index contributed by atoms with van der Waals surface area (Å²) in [4.78, 5) is 11.7. The van der Waals surface area contributed by atoms with Crippen molar-refractivity contribution >= 4 is 34.3 Å². The van der Waals surface area contributed by atoms with E-state index in [1.54, 1.807) is 0 Å². The van der Waals surface area contributed by atoms with Crippen LogP contribution in [0.2, 0.25) is 0 Å². The molecule has 0 radical (unpaired) electrons. The Morgan fingerprint density at radius 2 is 2.35 bits per heavy atom. The van der Waals surface area contributed by atoms with Crippen LogP contribution in [0.15, 0.2) is 24.3 Å². The number of nitrogens with one attached hydrogen (secondary N) is 2. The second kappa shape index (κ2) is 6.20. The van der Waals surface area contributed by atoms with Crippen molar-refractivity contribution in [2.24, 2.45) is 0 Å². The van der Waals surface area contributed by atoms with Crippen LogP contribution >= 0.6 is 22.6 Å². The maximum atomic E-state index is 11.7. The Kier molecular flexibility index (Phi) is 4.61. The van der Waals surface area contributed by atoms with Crippen molar-refractivity contribution in [2.45, 2.75) is 18.9 Å². The van der Waals surface area contributed by atoms with Gasteiger partial charge in [0.1, 0.15) is 0 Å². The fraction of sp³-hybridized carbons (Fsp3) is 0.417. The summed E-state index contributed by atoms with van der Waals surface area (Å²) in [6.07, 6.45) is 1.99. The third-order valence-electron chi connectivity index (χ3n) is 2.58. The number of amides is 2. The largest absolute Gasteiger partial charge is 0.379 e. The first-order valence-electron chi connectivity index (χ1n) is 5.65. The molecule has 0 spiro atoms. The zero-order valence-corrected chi connectivity index (χ0v) is 11.6. The minimum absolute atomic E-state index is 0.131. The highest BCUT2D eigenvalue weighted by molar-refractivity contribution is 14.1.